The van der Waals surface area contributed by atoms with Gasteiger partial charge in [0.15, 0.2) is 0 Å². The molecule has 1 heterocycles. The Kier molecular flexibility index (Phi) is 4.30. The molecule has 1 aliphatic carbocycles. The van der Waals surface area contributed by atoms with Gasteiger partial charge < -0.3 is 10.5 Å². The Hall–Kier alpha value is -1.29. The van der Waals surface area contributed by atoms with Gasteiger partial charge in [0.2, 0.25) is 0 Å². The molecule has 1 fully saturated rings. The zero-order valence-corrected chi connectivity index (χ0v) is 12.0. The van der Waals surface area contributed by atoms with Crippen LogP contribution >= 0.6 is 11.6 Å². The van der Waals surface area contributed by atoms with Gasteiger partial charge in [0.1, 0.15) is 11.3 Å². The summed E-state index contributed by atoms with van der Waals surface area (Å²) in [4.78, 5) is 16.0. The SMILES string of the molecule is CC1CC(C)CC(OC(=O)c2cc(N)cnc2Cl)C1. The third kappa shape index (κ3) is 3.60. The third-order valence-electron chi connectivity index (χ3n) is 3.49. The molecule has 0 bridgehead atoms. The summed E-state index contributed by atoms with van der Waals surface area (Å²) < 4.78 is 5.54. The molecule has 1 aromatic rings. The molecule has 1 saturated carbocycles. The molecule has 0 amide bonds. The van der Waals surface area contributed by atoms with Crippen molar-refractivity contribution in [3.8, 4) is 0 Å². The molecule has 0 spiro atoms. The van der Waals surface area contributed by atoms with Crippen LogP contribution in [0.5, 0.6) is 0 Å². The van der Waals surface area contributed by atoms with Crippen LogP contribution in [0.3, 0.4) is 0 Å². The maximum atomic E-state index is 12.1. The van der Waals surface area contributed by atoms with Crippen molar-refractivity contribution in [1.29, 1.82) is 0 Å². The van der Waals surface area contributed by atoms with Gasteiger partial charge in [-0.05, 0) is 37.2 Å². The Labute approximate surface area is 118 Å². The second-order valence-electron chi connectivity index (χ2n) is 5.55. The number of ether oxygens (including phenoxy) is 1. The van der Waals surface area contributed by atoms with E-state index in [-0.39, 0.29) is 16.8 Å². The molecule has 2 atom stereocenters. The van der Waals surface area contributed by atoms with Crippen molar-refractivity contribution in [2.24, 2.45) is 11.8 Å². The Morgan fingerprint density at radius 1 is 1.37 bits per heavy atom. The lowest BCUT2D eigenvalue weighted by atomic mass is 9.82. The average molecular weight is 283 g/mol. The van der Waals surface area contributed by atoms with E-state index in [0.717, 1.165) is 12.8 Å². The first-order valence-electron chi connectivity index (χ1n) is 6.57. The lowest BCUT2D eigenvalue weighted by Crippen LogP contribution is -2.28. The smallest absolute Gasteiger partial charge is 0.341 e. The average Bonchev–Trinajstić information content (AvgIpc) is 2.30. The van der Waals surface area contributed by atoms with Crippen LogP contribution in [-0.2, 0) is 4.74 Å². The fraction of sp³-hybridized carbons (Fsp3) is 0.571. The van der Waals surface area contributed by atoms with Gasteiger partial charge >= 0.3 is 5.97 Å². The van der Waals surface area contributed by atoms with Gasteiger partial charge in [0.05, 0.1) is 17.4 Å². The van der Waals surface area contributed by atoms with E-state index in [1.807, 2.05) is 0 Å². The molecule has 2 N–H and O–H groups in total. The van der Waals surface area contributed by atoms with Crippen molar-refractivity contribution in [2.75, 3.05) is 5.73 Å². The van der Waals surface area contributed by atoms with Crippen LogP contribution in [0.4, 0.5) is 5.69 Å². The van der Waals surface area contributed by atoms with E-state index in [2.05, 4.69) is 18.8 Å². The number of esters is 1. The Morgan fingerprint density at radius 2 is 2.00 bits per heavy atom. The van der Waals surface area contributed by atoms with Crippen molar-refractivity contribution in [2.45, 2.75) is 39.2 Å². The number of nitrogen functional groups attached to an aromatic ring is 1. The molecule has 5 heteroatoms. The predicted octanol–water partition coefficient (Wildman–Crippen LogP) is 3.30. The summed E-state index contributed by atoms with van der Waals surface area (Å²) in [6.07, 6.45) is 4.38. The van der Waals surface area contributed by atoms with Crippen molar-refractivity contribution in [3.05, 3.63) is 23.0 Å². The molecular formula is C14H19ClN2O2. The third-order valence-corrected chi connectivity index (χ3v) is 3.79. The van der Waals surface area contributed by atoms with E-state index in [1.54, 1.807) is 0 Å². The highest BCUT2D eigenvalue weighted by atomic mass is 35.5. The zero-order valence-electron chi connectivity index (χ0n) is 11.2. The molecule has 4 nitrogen and oxygen atoms in total. The molecule has 0 aliphatic heterocycles. The standard InChI is InChI=1S/C14H19ClN2O2/c1-8-3-9(2)5-11(4-8)19-14(18)12-6-10(16)7-17-13(12)15/h6-9,11H,3-5,16H2,1-2H3. The van der Waals surface area contributed by atoms with E-state index in [0.29, 0.717) is 17.5 Å². The van der Waals surface area contributed by atoms with E-state index < -0.39 is 5.97 Å². The Bertz CT molecular complexity index is 469. The number of carbonyl (C=O) groups excluding carboxylic acids is 1. The summed E-state index contributed by atoms with van der Waals surface area (Å²) in [5.41, 5.74) is 6.26. The Morgan fingerprint density at radius 3 is 2.63 bits per heavy atom. The van der Waals surface area contributed by atoms with Gasteiger partial charge in [-0.1, -0.05) is 25.4 Å². The second kappa shape index (κ2) is 5.78. The number of aromatic nitrogens is 1. The maximum Gasteiger partial charge on any atom is 0.341 e. The number of halogens is 1. The van der Waals surface area contributed by atoms with Crippen LogP contribution < -0.4 is 5.73 Å². The molecule has 2 unspecified atom stereocenters. The highest BCUT2D eigenvalue weighted by Crippen LogP contribution is 2.31. The fourth-order valence-corrected chi connectivity index (χ4v) is 2.97. The van der Waals surface area contributed by atoms with Gasteiger partial charge in [0, 0.05) is 0 Å². The summed E-state index contributed by atoms with van der Waals surface area (Å²) in [6, 6.07) is 1.51. The lowest BCUT2D eigenvalue weighted by Gasteiger charge is -2.31. The van der Waals surface area contributed by atoms with Crippen LogP contribution in [-0.4, -0.2) is 17.1 Å². The zero-order chi connectivity index (χ0) is 14.0. The first-order valence-corrected chi connectivity index (χ1v) is 6.95. The van der Waals surface area contributed by atoms with E-state index in [1.165, 1.54) is 18.7 Å². The second-order valence-corrected chi connectivity index (χ2v) is 5.91. The minimum Gasteiger partial charge on any atom is -0.459 e. The van der Waals surface area contributed by atoms with Gasteiger partial charge in [-0.2, -0.15) is 0 Å². The molecule has 2 rings (SSSR count). The number of pyridine rings is 1. The molecule has 0 saturated heterocycles. The summed E-state index contributed by atoms with van der Waals surface area (Å²) in [5.74, 6) is 0.725. The molecule has 19 heavy (non-hydrogen) atoms. The van der Waals surface area contributed by atoms with Crippen molar-refractivity contribution in [3.63, 3.8) is 0 Å². The van der Waals surface area contributed by atoms with Crippen molar-refractivity contribution < 1.29 is 9.53 Å². The number of hydrogen-bond donors (Lipinski definition) is 1. The highest BCUT2D eigenvalue weighted by Gasteiger charge is 2.27. The molecule has 0 aromatic carbocycles. The van der Waals surface area contributed by atoms with Crippen LogP contribution in [0.1, 0.15) is 43.5 Å². The van der Waals surface area contributed by atoms with Gasteiger partial charge in [-0.25, -0.2) is 9.78 Å². The highest BCUT2D eigenvalue weighted by molar-refractivity contribution is 6.32. The normalized spacial score (nSPS) is 27.0. The van der Waals surface area contributed by atoms with Gasteiger partial charge in [-0.15, -0.1) is 0 Å². The topological polar surface area (TPSA) is 65.2 Å². The van der Waals surface area contributed by atoms with E-state index in [9.17, 15) is 4.79 Å². The van der Waals surface area contributed by atoms with Crippen LogP contribution in [0.15, 0.2) is 12.3 Å². The minimum absolute atomic E-state index is 0.0382. The Balaban J connectivity index is 2.06. The molecular weight excluding hydrogens is 264 g/mol. The molecule has 1 aromatic heterocycles. The number of nitrogens with zero attached hydrogens (tertiary/aromatic N) is 1. The summed E-state index contributed by atoms with van der Waals surface area (Å²) >= 11 is 5.90. The van der Waals surface area contributed by atoms with Crippen LogP contribution in [0.2, 0.25) is 5.15 Å². The lowest BCUT2D eigenvalue weighted by molar-refractivity contribution is 0.00804. The van der Waals surface area contributed by atoms with Crippen LogP contribution in [0, 0.1) is 11.8 Å². The number of hydrogen-bond acceptors (Lipinski definition) is 4. The first-order chi connectivity index (χ1) is 8.95. The minimum atomic E-state index is -0.434. The number of rotatable bonds is 2. The summed E-state index contributed by atoms with van der Waals surface area (Å²) in [7, 11) is 0. The van der Waals surface area contributed by atoms with Crippen molar-refractivity contribution in [1.82, 2.24) is 4.98 Å². The van der Waals surface area contributed by atoms with E-state index in [4.69, 9.17) is 22.1 Å². The van der Waals surface area contributed by atoms with E-state index >= 15 is 0 Å². The van der Waals surface area contributed by atoms with Gasteiger partial charge in [0.25, 0.3) is 0 Å². The monoisotopic (exact) mass is 282 g/mol. The largest absolute Gasteiger partial charge is 0.459 e. The van der Waals surface area contributed by atoms with Gasteiger partial charge in [-0.3, -0.25) is 0 Å². The fourth-order valence-electron chi connectivity index (χ4n) is 2.79. The predicted molar refractivity (Wildman–Crippen MR) is 75.0 cm³/mol. The summed E-state index contributed by atoms with van der Waals surface area (Å²) in [6.45, 7) is 4.37. The quantitative estimate of drug-likeness (QED) is 0.668. The number of carbonyl (C=O) groups is 1. The molecule has 0 radical (unpaired) electrons. The number of anilines is 1. The van der Waals surface area contributed by atoms with Crippen LogP contribution in [0.25, 0.3) is 0 Å². The summed E-state index contributed by atoms with van der Waals surface area (Å²) in [5, 5.41) is 0.135. The van der Waals surface area contributed by atoms with Crippen molar-refractivity contribution >= 4 is 23.3 Å². The molecule has 1 aliphatic rings. The first kappa shape index (κ1) is 14.1. The maximum absolute atomic E-state index is 12.1. The number of nitrogens with two attached hydrogens (primary N) is 1. The molecule has 104 valence electrons.